The smallest absolute Gasteiger partial charge is 0.127 e. The van der Waals surface area contributed by atoms with Gasteiger partial charge in [0, 0.05) is 30.7 Å². The van der Waals surface area contributed by atoms with Crippen molar-refractivity contribution in [2.24, 2.45) is 5.92 Å². The lowest BCUT2D eigenvalue weighted by Crippen LogP contribution is -2.40. The second-order valence-corrected chi connectivity index (χ2v) is 5.61. The monoisotopic (exact) mass is 248 g/mol. The van der Waals surface area contributed by atoms with Crippen LogP contribution in [0.1, 0.15) is 31.4 Å². The Balaban J connectivity index is 1.74. The van der Waals surface area contributed by atoms with E-state index in [-0.39, 0.29) is 11.9 Å². The summed E-state index contributed by atoms with van der Waals surface area (Å²) in [6, 6.07) is 7.96. The average Bonchev–Trinajstić information content (AvgIpc) is 2.82. The molecule has 98 valence electrons. The summed E-state index contributed by atoms with van der Waals surface area (Å²) in [5, 5.41) is 3.60. The van der Waals surface area contributed by atoms with Crippen molar-refractivity contribution in [3.8, 4) is 0 Å². The van der Waals surface area contributed by atoms with E-state index in [2.05, 4.69) is 17.1 Å². The number of nitrogens with zero attached hydrogens (tertiary/aromatic N) is 1. The molecule has 1 aromatic carbocycles. The van der Waals surface area contributed by atoms with Gasteiger partial charge in [0.15, 0.2) is 0 Å². The highest BCUT2D eigenvalue weighted by Gasteiger charge is 2.36. The fourth-order valence-electron chi connectivity index (χ4n) is 3.41. The van der Waals surface area contributed by atoms with Gasteiger partial charge in [-0.3, -0.25) is 4.90 Å². The van der Waals surface area contributed by atoms with E-state index in [0.29, 0.717) is 6.04 Å². The van der Waals surface area contributed by atoms with Gasteiger partial charge < -0.3 is 5.32 Å². The van der Waals surface area contributed by atoms with Crippen molar-refractivity contribution in [1.29, 1.82) is 0 Å². The van der Waals surface area contributed by atoms with Crippen molar-refractivity contribution >= 4 is 0 Å². The highest BCUT2D eigenvalue weighted by atomic mass is 19.1. The minimum absolute atomic E-state index is 0.0761. The third kappa shape index (κ3) is 2.17. The quantitative estimate of drug-likeness (QED) is 0.865. The molecular weight excluding hydrogens is 227 g/mol. The van der Waals surface area contributed by atoms with Crippen molar-refractivity contribution in [3.05, 3.63) is 35.6 Å². The van der Waals surface area contributed by atoms with E-state index < -0.39 is 0 Å². The minimum atomic E-state index is -0.0761. The van der Waals surface area contributed by atoms with Gasteiger partial charge in [-0.25, -0.2) is 4.39 Å². The molecule has 0 amide bonds. The van der Waals surface area contributed by atoms with E-state index in [0.717, 1.165) is 31.1 Å². The molecule has 1 N–H and O–H groups in total. The summed E-state index contributed by atoms with van der Waals surface area (Å²) < 4.78 is 13.8. The molecule has 0 aliphatic carbocycles. The van der Waals surface area contributed by atoms with Crippen LogP contribution in [-0.2, 0) is 0 Å². The molecule has 2 saturated heterocycles. The van der Waals surface area contributed by atoms with E-state index >= 15 is 0 Å². The molecule has 0 spiro atoms. The Kier molecular flexibility index (Phi) is 3.35. The van der Waals surface area contributed by atoms with Gasteiger partial charge in [0.25, 0.3) is 0 Å². The third-order valence-electron chi connectivity index (χ3n) is 4.53. The van der Waals surface area contributed by atoms with Crippen molar-refractivity contribution in [2.75, 3.05) is 19.6 Å². The van der Waals surface area contributed by atoms with Gasteiger partial charge in [0.05, 0.1) is 0 Å². The topological polar surface area (TPSA) is 15.3 Å². The normalized spacial score (nSPS) is 30.1. The molecule has 2 aliphatic rings. The molecule has 0 saturated carbocycles. The number of piperidine rings is 1. The zero-order valence-electron chi connectivity index (χ0n) is 10.9. The number of rotatable bonds is 2. The first-order valence-electron chi connectivity index (χ1n) is 6.97. The van der Waals surface area contributed by atoms with Gasteiger partial charge in [-0.15, -0.1) is 0 Å². The molecule has 1 unspecified atom stereocenters. The van der Waals surface area contributed by atoms with Crippen LogP contribution >= 0.6 is 0 Å². The van der Waals surface area contributed by atoms with Gasteiger partial charge >= 0.3 is 0 Å². The van der Waals surface area contributed by atoms with Crippen LogP contribution in [0, 0.1) is 11.7 Å². The second kappa shape index (κ2) is 4.98. The number of hydrogen-bond acceptors (Lipinski definition) is 2. The summed E-state index contributed by atoms with van der Waals surface area (Å²) in [5.74, 6) is 0.681. The third-order valence-corrected chi connectivity index (χ3v) is 4.53. The number of likely N-dealkylation sites (tertiary alicyclic amines) is 1. The van der Waals surface area contributed by atoms with Crippen LogP contribution in [-0.4, -0.2) is 30.6 Å². The van der Waals surface area contributed by atoms with Crippen molar-refractivity contribution in [2.45, 2.75) is 31.8 Å². The lowest BCUT2D eigenvalue weighted by atomic mass is 9.94. The molecule has 3 heteroatoms. The van der Waals surface area contributed by atoms with Crippen molar-refractivity contribution < 1.29 is 4.39 Å². The number of benzene rings is 1. The number of nitrogens with one attached hydrogen (secondary N) is 1. The fourth-order valence-corrected chi connectivity index (χ4v) is 3.41. The van der Waals surface area contributed by atoms with Crippen LogP contribution < -0.4 is 5.32 Å². The summed E-state index contributed by atoms with van der Waals surface area (Å²) in [4.78, 5) is 2.42. The lowest BCUT2D eigenvalue weighted by Gasteiger charge is -2.25. The first kappa shape index (κ1) is 12.1. The molecule has 2 heterocycles. The maximum Gasteiger partial charge on any atom is 0.127 e. The lowest BCUT2D eigenvalue weighted by molar-refractivity contribution is 0.246. The van der Waals surface area contributed by atoms with E-state index in [4.69, 9.17) is 0 Å². The Hall–Kier alpha value is -0.930. The van der Waals surface area contributed by atoms with Crippen LogP contribution in [0.3, 0.4) is 0 Å². The molecule has 0 bridgehead atoms. The number of halogens is 1. The summed E-state index contributed by atoms with van der Waals surface area (Å²) in [5.41, 5.74) is 0.830. The van der Waals surface area contributed by atoms with Crippen LogP contribution in [0.2, 0.25) is 0 Å². The number of hydrogen-bond donors (Lipinski definition) is 1. The maximum atomic E-state index is 13.8. The largest absolute Gasteiger partial charge is 0.312 e. The highest BCUT2D eigenvalue weighted by molar-refractivity contribution is 5.21. The predicted octanol–water partition coefficient (Wildman–Crippen LogP) is 2.57. The summed E-state index contributed by atoms with van der Waals surface area (Å²) in [7, 11) is 0. The van der Waals surface area contributed by atoms with Gasteiger partial charge in [-0.2, -0.15) is 0 Å². The predicted molar refractivity (Wildman–Crippen MR) is 70.9 cm³/mol. The van der Waals surface area contributed by atoms with Gasteiger partial charge in [0.1, 0.15) is 5.82 Å². The molecule has 2 fully saturated rings. The molecule has 3 rings (SSSR count). The van der Waals surface area contributed by atoms with E-state index in [1.807, 2.05) is 12.1 Å². The van der Waals surface area contributed by atoms with Crippen LogP contribution in [0.15, 0.2) is 24.3 Å². The first-order valence-corrected chi connectivity index (χ1v) is 6.97. The number of fused-ring (bicyclic) bond motifs is 1. The fraction of sp³-hybridized carbons (Fsp3) is 0.600. The van der Waals surface area contributed by atoms with Crippen LogP contribution in [0.4, 0.5) is 4.39 Å². The van der Waals surface area contributed by atoms with E-state index in [1.165, 1.54) is 12.8 Å². The highest BCUT2D eigenvalue weighted by Crippen LogP contribution is 2.32. The van der Waals surface area contributed by atoms with Crippen molar-refractivity contribution in [3.63, 3.8) is 0 Å². The van der Waals surface area contributed by atoms with Crippen LogP contribution in [0.5, 0.6) is 0 Å². The standard InChI is InChI=1S/C15H21FN2/c1-11(13-6-2-3-7-14(13)16)18-9-12-5-4-8-17-15(12)10-18/h2-3,6-7,11-12,15,17H,4-5,8-10H2,1H3/t11?,12-,15+/m0/s1. The van der Waals surface area contributed by atoms with Gasteiger partial charge in [0.2, 0.25) is 0 Å². The molecule has 0 radical (unpaired) electrons. The SMILES string of the molecule is CC(c1ccccc1F)N1C[C@@H]2CCCN[C@@H]2C1. The average molecular weight is 248 g/mol. The zero-order valence-corrected chi connectivity index (χ0v) is 10.9. The molecular formula is C15H21FN2. The molecule has 2 aliphatic heterocycles. The van der Waals surface area contributed by atoms with Crippen molar-refractivity contribution in [1.82, 2.24) is 10.2 Å². The summed E-state index contributed by atoms with van der Waals surface area (Å²) in [6.45, 7) is 5.42. The Labute approximate surface area is 108 Å². The molecule has 3 atom stereocenters. The van der Waals surface area contributed by atoms with E-state index in [9.17, 15) is 4.39 Å². The zero-order chi connectivity index (χ0) is 12.5. The molecule has 1 aromatic rings. The minimum Gasteiger partial charge on any atom is -0.312 e. The van der Waals surface area contributed by atoms with Gasteiger partial charge in [-0.1, -0.05) is 18.2 Å². The Bertz CT molecular complexity index is 407. The Morgan fingerprint density at radius 2 is 2.17 bits per heavy atom. The molecule has 0 aromatic heterocycles. The van der Waals surface area contributed by atoms with Crippen LogP contribution in [0.25, 0.3) is 0 Å². The summed E-state index contributed by atoms with van der Waals surface area (Å²) in [6.07, 6.45) is 2.60. The Morgan fingerprint density at radius 3 is 2.94 bits per heavy atom. The molecule has 2 nitrogen and oxygen atoms in total. The second-order valence-electron chi connectivity index (χ2n) is 5.61. The summed E-state index contributed by atoms with van der Waals surface area (Å²) >= 11 is 0. The maximum absolute atomic E-state index is 13.8. The first-order chi connectivity index (χ1) is 8.75. The Morgan fingerprint density at radius 1 is 1.33 bits per heavy atom. The van der Waals surface area contributed by atoms with E-state index in [1.54, 1.807) is 12.1 Å². The van der Waals surface area contributed by atoms with Gasteiger partial charge in [-0.05, 0) is 38.3 Å². The molecule has 18 heavy (non-hydrogen) atoms.